The lowest BCUT2D eigenvalue weighted by Gasteiger charge is -2.10. The SMILES string of the molecule is O=[N+]([O-])c1cccc(C(OP(O)O)[N+](=O)[O-])c1[N+](=O)[O-]. The highest BCUT2D eigenvalue weighted by Gasteiger charge is 2.39. The van der Waals surface area contributed by atoms with Gasteiger partial charge in [-0.2, -0.15) is 0 Å². The molecule has 20 heavy (non-hydrogen) atoms. The van der Waals surface area contributed by atoms with Gasteiger partial charge in [0.25, 0.3) is 0 Å². The average Bonchev–Trinajstić information content (AvgIpc) is 2.34. The van der Waals surface area contributed by atoms with Crippen molar-refractivity contribution in [2.24, 2.45) is 0 Å². The fourth-order valence-corrected chi connectivity index (χ4v) is 1.76. The first-order valence-electron chi connectivity index (χ1n) is 4.65. The fourth-order valence-electron chi connectivity index (χ4n) is 1.39. The third-order valence-corrected chi connectivity index (χ3v) is 2.47. The molecular weight excluding hydrogens is 301 g/mol. The highest BCUT2D eigenvalue weighted by molar-refractivity contribution is 7.39. The zero-order valence-corrected chi connectivity index (χ0v) is 10.2. The predicted octanol–water partition coefficient (Wildman–Crippen LogP) is 1.01. The van der Waals surface area contributed by atoms with Crippen molar-refractivity contribution >= 4 is 20.0 Å². The molecule has 2 N–H and O–H groups in total. The first-order chi connectivity index (χ1) is 9.25. The minimum Gasteiger partial charge on any atom is -0.328 e. The Bertz CT molecular complexity index is 562. The maximum Gasteiger partial charge on any atom is 0.358 e. The Hall–Kier alpha value is -2.27. The second kappa shape index (κ2) is 6.25. The summed E-state index contributed by atoms with van der Waals surface area (Å²) in [6.45, 7) is 0. The Balaban J connectivity index is 3.49. The number of nitro benzene ring substituents is 2. The molecule has 0 aliphatic rings. The first kappa shape index (κ1) is 15.8. The Morgan fingerprint density at radius 3 is 2.10 bits per heavy atom. The summed E-state index contributed by atoms with van der Waals surface area (Å²) in [4.78, 5) is 46.1. The van der Waals surface area contributed by atoms with Gasteiger partial charge in [0, 0.05) is 6.07 Å². The second-order valence-electron chi connectivity index (χ2n) is 3.23. The van der Waals surface area contributed by atoms with Crippen LogP contribution in [0.25, 0.3) is 0 Å². The van der Waals surface area contributed by atoms with E-state index in [1.165, 1.54) is 0 Å². The van der Waals surface area contributed by atoms with Gasteiger partial charge in [0.2, 0.25) is 0 Å². The minimum absolute atomic E-state index is 0.759. The molecule has 12 nitrogen and oxygen atoms in total. The van der Waals surface area contributed by atoms with Gasteiger partial charge in [-0.15, -0.1) is 0 Å². The molecule has 0 saturated carbocycles. The van der Waals surface area contributed by atoms with Crippen LogP contribution in [-0.2, 0) is 4.52 Å². The molecular formula is C7H6N3O9P. The summed E-state index contributed by atoms with van der Waals surface area (Å²) in [5.41, 5.74) is -2.87. The van der Waals surface area contributed by atoms with E-state index in [-0.39, 0.29) is 0 Å². The molecule has 1 rings (SSSR count). The minimum atomic E-state index is -3.19. The van der Waals surface area contributed by atoms with Crippen LogP contribution in [0.3, 0.4) is 0 Å². The van der Waals surface area contributed by atoms with Crippen molar-refractivity contribution in [3.05, 3.63) is 54.1 Å². The normalized spacial score (nSPS) is 12.2. The highest BCUT2D eigenvalue weighted by Crippen LogP contribution is 2.41. The number of nitro groups is 3. The number of benzene rings is 1. The van der Waals surface area contributed by atoms with Crippen molar-refractivity contribution in [3.63, 3.8) is 0 Å². The van der Waals surface area contributed by atoms with Crippen LogP contribution in [0.15, 0.2) is 18.2 Å². The van der Waals surface area contributed by atoms with Crippen LogP contribution in [0.2, 0.25) is 0 Å². The third-order valence-electron chi connectivity index (χ3n) is 2.08. The summed E-state index contributed by atoms with van der Waals surface area (Å²) in [6, 6.07) is 2.63. The Morgan fingerprint density at radius 1 is 1.10 bits per heavy atom. The maximum absolute atomic E-state index is 10.9. The second-order valence-corrected chi connectivity index (χ2v) is 3.94. The van der Waals surface area contributed by atoms with E-state index in [1.54, 1.807) is 0 Å². The maximum atomic E-state index is 10.9. The van der Waals surface area contributed by atoms with Gasteiger partial charge in [0.15, 0.2) is 0 Å². The lowest BCUT2D eigenvalue weighted by molar-refractivity contribution is -0.573. The molecule has 1 atom stereocenters. The van der Waals surface area contributed by atoms with Crippen molar-refractivity contribution in [1.82, 2.24) is 0 Å². The summed E-state index contributed by atoms with van der Waals surface area (Å²) >= 11 is 0. The van der Waals surface area contributed by atoms with Crippen molar-refractivity contribution in [2.75, 3.05) is 0 Å². The van der Waals surface area contributed by atoms with Crippen LogP contribution in [0.1, 0.15) is 11.8 Å². The van der Waals surface area contributed by atoms with E-state index >= 15 is 0 Å². The molecule has 0 radical (unpaired) electrons. The van der Waals surface area contributed by atoms with Gasteiger partial charge in [0.1, 0.15) is 5.56 Å². The molecule has 0 bridgehead atoms. The zero-order valence-electron chi connectivity index (χ0n) is 9.35. The standard InChI is InChI=1S/C7H6N3O9P/c11-8(12)5-3-1-2-4(6(5)9(13)14)7(10(15)16)19-20(17)18/h1-3,7,17-18H. The molecule has 1 aromatic carbocycles. The van der Waals surface area contributed by atoms with Crippen LogP contribution >= 0.6 is 8.60 Å². The van der Waals surface area contributed by atoms with Crippen LogP contribution < -0.4 is 0 Å². The van der Waals surface area contributed by atoms with E-state index in [9.17, 15) is 30.3 Å². The summed E-state index contributed by atoms with van der Waals surface area (Å²) in [7, 11) is -3.19. The summed E-state index contributed by atoms with van der Waals surface area (Å²) in [5, 5.41) is 32.3. The monoisotopic (exact) mass is 307 g/mol. The van der Waals surface area contributed by atoms with Crippen LogP contribution in [0.4, 0.5) is 11.4 Å². The van der Waals surface area contributed by atoms with Crippen molar-refractivity contribution in [2.45, 2.75) is 6.23 Å². The Kier molecular flexibility index (Phi) is 4.94. The first-order valence-corrected chi connectivity index (χ1v) is 5.82. The van der Waals surface area contributed by atoms with E-state index in [0.29, 0.717) is 0 Å². The molecule has 0 aliphatic carbocycles. The molecule has 108 valence electrons. The zero-order chi connectivity index (χ0) is 15.4. The lowest BCUT2D eigenvalue weighted by Crippen LogP contribution is -2.15. The average molecular weight is 307 g/mol. The smallest absolute Gasteiger partial charge is 0.328 e. The molecule has 0 fully saturated rings. The van der Waals surface area contributed by atoms with Crippen LogP contribution in [0.5, 0.6) is 0 Å². The Morgan fingerprint density at radius 2 is 1.70 bits per heavy atom. The summed E-state index contributed by atoms with van der Waals surface area (Å²) in [5.74, 6) is 0. The molecule has 0 aromatic heterocycles. The van der Waals surface area contributed by atoms with Gasteiger partial charge >= 0.3 is 26.2 Å². The van der Waals surface area contributed by atoms with Crippen LogP contribution in [-0.4, -0.2) is 24.6 Å². The van der Waals surface area contributed by atoms with Gasteiger partial charge in [0.05, 0.1) is 14.8 Å². The molecule has 0 heterocycles. The third kappa shape index (κ3) is 3.39. The number of nitrogens with zero attached hydrogens (tertiary/aromatic N) is 3. The van der Waals surface area contributed by atoms with E-state index in [2.05, 4.69) is 4.52 Å². The number of rotatable bonds is 6. The molecule has 0 saturated heterocycles. The van der Waals surface area contributed by atoms with Gasteiger partial charge in [-0.1, -0.05) is 6.07 Å². The van der Waals surface area contributed by atoms with Gasteiger partial charge in [-0.25, -0.2) is 4.52 Å². The van der Waals surface area contributed by atoms with E-state index < -0.39 is 46.5 Å². The summed E-state index contributed by atoms with van der Waals surface area (Å²) in [6.07, 6.45) is -2.31. The summed E-state index contributed by atoms with van der Waals surface area (Å²) < 4.78 is 4.17. The fraction of sp³-hybridized carbons (Fsp3) is 0.143. The molecule has 0 spiro atoms. The molecule has 13 heteroatoms. The van der Waals surface area contributed by atoms with Crippen LogP contribution in [0, 0.1) is 30.3 Å². The van der Waals surface area contributed by atoms with Gasteiger partial charge in [-0.05, 0) is 6.07 Å². The molecule has 1 aromatic rings. The Labute approximate surface area is 110 Å². The highest BCUT2D eigenvalue weighted by atomic mass is 31.2. The topological polar surface area (TPSA) is 179 Å². The molecule has 1 unspecified atom stereocenters. The van der Waals surface area contributed by atoms with E-state index in [0.717, 1.165) is 18.2 Å². The van der Waals surface area contributed by atoms with Crippen molar-refractivity contribution in [3.8, 4) is 0 Å². The molecule has 0 amide bonds. The largest absolute Gasteiger partial charge is 0.358 e. The number of hydrogen-bond donors (Lipinski definition) is 2. The predicted molar refractivity (Wildman–Crippen MR) is 61.9 cm³/mol. The van der Waals surface area contributed by atoms with Crippen molar-refractivity contribution < 1.29 is 29.1 Å². The van der Waals surface area contributed by atoms with E-state index in [4.69, 9.17) is 9.79 Å². The van der Waals surface area contributed by atoms with Crippen molar-refractivity contribution in [1.29, 1.82) is 0 Å². The number of para-hydroxylation sites is 1. The number of hydrogen-bond acceptors (Lipinski definition) is 9. The van der Waals surface area contributed by atoms with Gasteiger partial charge < -0.3 is 9.79 Å². The van der Waals surface area contributed by atoms with Gasteiger partial charge in [-0.3, -0.25) is 30.3 Å². The van der Waals surface area contributed by atoms with E-state index in [1.807, 2.05) is 0 Å². The molecule has 0 aliphatic heterocycles. The quantitative estimate of drug-likeness (QED) is 0.335. The lowest BCUT2D eigenvalue weighted by atomic mass is 10.1.